The summed E-state index contributed by atoms with van der Waals surface area (Å²) in [5.41, 5.74) is 0.566. The van der Waals surface area contributed by atoms with Gasteiger partial charge in [-0.25, -0.2) is 4.79 Å². The molecular formula is C20H19F6NO4. The lowest BCUT2D eigenvalue weighted by molar-refractivity contribution is -0.274. The van der Waals surface area contributed by atoms with Gasteiger partial charge in [0.05, 0.1) is 18.2 Å². The number of esters is 1. The van der Waals surface area contributed by atoms with Crippen LogP contribution in [0.4, 0.5) is 32.0 Å². The quantitative estimate of drug-likeness (QED) is 0.425. The second-order valence-electron chi connectivity index (χ2n) is 6.41. The number of aliphatic hydroxyl groups is 1. The zero-order valence-electron chi connectivity index (χ0n) is 16.1. The predicted molar refractivity (Wildman–Crippen MR) is 98.6 cm³/mol. The molecule has 0 aromatic heterocycles. The summed E-state index contributed by atoms with van der Waals surface area (Å²) in [7, 11) is 0. The monoisotopic (exact) mass is 451 g/mol. The number of hydrogen-bond donors (Lipinski definition) is 2. The highest BCUT2D eigenvalue weighted by molar-refractivity contribution is 5.90. The molecule has 2 unspecified atom stereocenters. The van der Waals surface area contributed by atoms with Gasteiger partial charge in [0.25, 0.3) is 0 Å². The van der Waals surface area contributed by atoms with Crippen LogP contribution in [0.2, 0.25) is 0 Å². The summed E-state index contributed by atoms with van der Waals surface area (Å²) in [5, 5.41) is 12.3. The van der Waals surface area contributed by atoms with Crippen LogP contribution in [0.25, 0.3) is 0 Å². The van der Waals surface area contributed by atoms with E-state index in [1.54, 1.807) is 6.92 Å². The van der Waals surface area contributed by atoms with E-state index in [2.05, 4.69) is 10.1 Å². The van der Waals surface area contributed by atoms with Crippen LogP contribution in [-0.2, 0) is 4.74 Å². The molecule has 5 nitrogen and oxygen atoms in total. The highest BCUT2D eigenvalue weighted by Crippen LogP contribution is 2.32. The molecule has 0 spiro atoms. The Labute approximate surface area is 173 Å². The van der Waals surface area contributed by atoms with E-state index in [0.717, 1.165) is 24.3 Å². The molecule has 0 aliphatic heterocycles. The number of benzene rings is 2. The summed E-state index contributed by atoms with van der Waals surface area (Å²) in [5.74, 6) is -1.18. The Morgan fingerprint density at radius 3 is 2.26 bits per heavy atom. The van der Waals surface area contributed by atoms with Crippen LogP contribution in [0, 0.1) is 0 Å². The van der Waals surface area contributed by atoms with Gasteiger partial charge in [-0.05, 0) is 42.8 Å². The second kappa shape index (κ2) is 9.90. The zero-order chi connectivity index (χ0) is 23.2. The first-order valence-electron chi connectivity index (χ1n) is 9.03. The number of carbonyl (C=O) groups is 1. The van der Waals surface area contributed by atoms with Gasteiger partial charge in [0.15, 0.2) is 6.10 Å². The summed E-state index contributed by atoms with van der Waals surface area (Å²) in [6.45, 7) is 1.74. The Bertz CT molecular complexity index is 867. The number of rotatable bonds is 8. The van der Waals surface area contributed by atoms with Crippen molar-refractivity contribution in [2.45, 2.75) is 38.0 Å². The number of ether oxygens (including phenoxy) is 2. The molecule has 0 aliphatic rings. The second-order valence-corrected chi connectivity index (χ2v) is 6.41. The Morgan fingerprint density at radius 2 is 1.71 bits per heavy atom. The van der Waals surface area contributed by atoms with E-state index in [-0.39, 0.29) is 23.4 Å². The van der Waals surface area contributed by atoms with Crippen molar-refractivity contribution < 1.29 is 45.7 Å². The third-order valence-corrected chi connectivity index (χ3v) is 4.07. The molecule has 0 aliphatic carbocycles. The van der Waals surface area contributed by atoms with Crippen molar-refractivity contribution in [2.75, 3.05) is 11.9 Å². The lowest BCUT2D eigenvalue weighted by atomic mass is 9.99. The molecule has 0 saturated heterocycles. The van der Waals surface area contributed by atoms with Crippen LogP contribution < -0.4 is 10.1 Å². The van der Waals surface area contributed by atoms with Crippen molar-refractivity contribution in [3.05, 3.63) is 59.7 Å². The normalized spacial score (nSPS) is 13.9. The van der Waals surface area contributed by atoms with E-state index in [9.17, 15) is 36.2 Å². The molecule has 0 bridgehead atoms. The van der Waals surface area contributed by atoms with Crippen molar-refractivity contribution >= 4 is 11.7 Å². The number of alkyl halides is 6. The fourth-order valence-corrected chi connectivity index (χ4v) is 2.69. The highest BCUT2D eigenvalue weighted by atomic mass is 19.4. The van der Waals surface area contributed by atoms with Crippen molar-refractivity contribution in [3.63, 3.8) is 0 Å². The molecule has 0 fully saturated rings. The Balaban J connectivity index is 2.29. The molecule has 170 valence electrons. The first-order valence-corrected chi connectivity index (χ1v) is 9.03. The van der Waals surface area contributed by atoms with E-state index in [4.69, 9.17) is 4.74 Å². The summed E-state index contributed by atoms with van der Waals surface area (Å²) in [6.07, 6.45) is -13.3. The lowest BCUT2D eigenvalue weighted by Gasteiger charge is -2.25. The third-order valence-electron chi connectivity index (χ3n) is 4.07. The van der Waals surface area contributed by atoms with Gasteiger partial charge in [-0.15, -0.1) is 13.2 Å². The van der Waals surface area contributed by atoms with Crippen molar-refractivity contribution in [2.24, 2.45) is 0 Å². The largest absolute Gasteiger partial charge is 0.573 e. The van der Waals surface area contributed by atoms with Crippen LogP contribution in [0.15, 0.2) is 48.5 Å². The molecule has 0 amide bonds. The summed E-state index contributed by atoms with van der Waals surface area (Å²) in [4.78, 5) is 11.9. The van der Waals surface area contributed by atoms with Gasteiger partial charge in [0, 0.05) is 12.1 Å². The average molecular weight is 451 g/mol. The number of halogens is 6. The van der Waals surface area contributed by atoms with Crippen LogP contribution in [-0.4, -0.2) is 36.3 Å². The molecule has 0 heterocycles. The van der Waals surface area contributed by atoms with Crippen LogP contribution >= 0.6 is 0 Å². The van der Waals surface area contributed by atoms with Gasteiger partial charge in [-0.1, -0.05) is 18.2 Å². The topological polar surface area (TPSA) is 67.8 Å². The van der Waals surface area contributed by atoms with Crippen LogP contribution in [0.5, 0.6) is 5.75 Å². The maximum absolute atomic E-state index is 12.9. The first-order chi connectivity index (χ1) is 14.4. The summed E-state index contributed by atoms with van der Waals surface area (Å²) in [6, 6.07) is 8.82. The molecule has 2 aromatic rings. The lowest BCUT2D eigenvalue weighted by Crippen LogP contribution is -2.32. The fourth-order valence-electron chi connectivity index (χ4n) is 2.69. The minimum absolute atomic E-state index is 0.128. The van der Waals surface area contributed by atoms with Gasteiger partial charge in [-0.2, -0.15) is 13.2 Å². The minimum atomic E-state index is -4.92. The molecule has 2 aromatic carbocycles. The standard InChI is InChI=1S/C20H19F6NO4/c1-2-30-18(29)13-4-3-5-14(10-13)27-16(11-17(28)19(21,22)23)12-6-8-15(9-7-12)31-20(24,25)26/h3-10,16-17,27-28H,2,11H2,1H3. The van der Waals surface area contributed by atoms with E-state index < -0.39 is 42.8 Å². The maximum atomic E-state index is 12.9. The summed E-state index contributed by atoms with van der Waals surface area (Å²) >= 11 is 0. The van der Waals surface area contributed by atoms with E-state index in [1.807, 2.05) is 0 Å². The van der Waals surface area contributed by atoms with E-state index in [0.29, 0.717) is 0 Å². The molecule has 31 heavy (non-hydrogen) atoms. The number of aliphatic hydroxyl groups excluding tert-OH is 1. The predicted octanol–water partition coefficient (Wildman–Crippen LogP) is 5.23. The SMILES string of the molecule is CCOC(=O)c1cccc(NC(CC(O)C(F)(F)F)c2ccc(OC(F)(F)F)cc2)c1. The summed E-state index contributed by atoms with van der Waals surface area (Å²) < 4.78 is 84.2. The fraction of sp³-hybridized carbons (Fsp3) is 0.350. The van der Waals surface area contributed by atoms with Crippen molar-refractivity contribution in [3.8, 4) is 5.75 Å². The van der Waals surface area contributed by atoms with Gasteiger partial charge in [0.2, 0.25) is 0 Å². The molecule has 11 heteroatoms. The molecular weight excluding hydrogens is 432 g/mol. The molecule has 0 radical (unpaired) electrons. The minimum Gasteiger partial charge on any atom is -0.462 e. The van der Waals surface area contributed by atoms with Crippen molar-refractivity contribution in [1.29, 1.82) is 0 Å². The third kappa shape index (κ3) is 7.67. The smallest absolute Gasteiger partial charge is 0.462 e. The van der Waals surface area contributed by atoms with E-state index in [1.165, 1.54) is 24.3 Å². The molecule has 2 N–H and O–H groups in total. The maximum Gasteiger partial charge on any atom is 0.573 e. The van der Waals surface area contributed by atoms with Gasteiger partial charge < -0.3 is 19.9 Å². The average Bonchev–Trinajstić information content (AvgIpc) is 2.66. The number of carbonyl (C=O) groups excluding carboxylic acids is 1. The Hall–Kier alpha value is -2.95. The van der Waals surface area contributed by atoms with Crippen molar-refractivity contribution in [1.82, 2.24) is 0 Å². The number of anilines is 1. The van der Waals surface area contributed by atoms with Crippen LogP contribution in [0.1, 0.15) is 35.3 Å². The highest BCUT2D eigenvalue weighted by Gasteiger charge is 2.40. The van der Waals surface area contributed by atoms with E-state index >= 15 is 0 Å². The van der Waals surface area contributed by atoms with Gasteiger partial charge in [0.1, 0.15) is 5.75 Å². The molecule has 0 saturated carbocycles. The van der Waals surface area contributed by atoms with Crippen LogP contribution in [0.3, 0.4) is 0 Å². The van der Waals surface area contributed by atoms with Gasteiger partial charge >= 0.3 is 18.5 Å². The Kier molecular flexibility index (Phi) is 7.77. The number of nitrogens with one attached hydrogen (secondary N) is 1. The number of hydrogen-bond acceptors (Lipinski definition) is 5. The Morgan fingerprint density at radius 1 is 1.06 bits per heavy atom. The van der Waals surface area contributed by atoms with Gasteiger partial charge in [-0.3, -0.25) is 0 Å². The zero-order valence-corrected chi connectivity index (χ0v) is 16.1. The first kappa shape index (κ1) is 24.3. The molecule has 2 atom stereocenters. The molecule has 2 rings (SSSR count).